The zero-order chi connectivity index (χ0) is 14.8. The molecule has 1 heterocycles. The first-order valence-corrected chi connectivity index (χ1v) is 8.63. The van der Waals surface area contributed by atoms with E-state index in [0.29, 0.717) is 0 Å². The van der Waals surface area contributed by atoms with Gasteiger partial charge in [-0.2, -0.15) is 0 Å². The van der Waals surface area contributed by atoms with E-state index in [9.17, 15) is 0 Å². The summed E-state index contributed by atoms with van der Waals surface area (Å²) in [4.78, 5) is 2.76. The van der Waals surface area contributed by atoms with E-state index in [2.05, 4.69) is 84.4 Å². The molecule has 2 heteroatoms. The molecule has 106 valence electrons. The lowest BCUT2D eigenvalue weighted by Gasteiger charge is -2.05. The summed E-state index contributed by atoms with van der Waals surface area (Å²) in [7, 11) is 0. The summed E-state index contributed by atoms with van der Waals surface area (Å²) in [6, 6.07) is 19.7. The van der Waals surface area contributed by atoms with Crippen LogP contribution in [0.15, 0.2) is 59.1 Å². The Morgan fingerprint density at radius 3 is 2.62 bits per heavy atom. The smallest absolute Gasteiger partial charge is 0.0345 e. The van der Waals surface area contributed by atoms with E-state index in [-0.39, 0.29) is 0 Å². The van der Waals surface area contributed by atoms with Gasteiger partial charge in [-0.25, -0.2) is 0 Å². The molecule has 0 aliphatic heterocycles. The van der Waals surface area contributed by atoms with Crippen molar-refractivity contribution in [1.29, 1.82) is 0 Å². The molecule has 0 unspecified atom stereocenters. The van der Waals surface area contributed by atoms with Gasteiger partial charge >= 0.3 is 0 Å². The van der Waals surface area contributed by atoms with Crippen LogP contribution in [0.1, 0.15) is 21.6 Å². The van der Waals surface area contributed by atoms with Gasteiger partial charge in [-0.1, -0.05) is 51.8 Å². The molecule has 0 aliphatic carbocycles. The fraction of sp³-hybridized carbons (Fsp3) is 0.158. The number of hydrogen-bond donors (Lipinski definition) is 0. The predicted molar refractivity (Wildman–Crippen MR) is 96.2 cm³/mol. The van der Waals surface area contributed by atoms with Gasteiger partial charge in [-0.3, -0.25) is 0 Å². The second kappa shape index (κ2) is 6.17. The van der Waals surface area contributed by atoms with Crippen LogP contribution in [0, 0.1) is 13.8 Å². The first-order chi connectivity index (χ1) is 10.1. The summed E-state index contributed by atoms with van der Waals surface area (Å²) >= 11 is 5.45. The molecular formula is C19H17BrS. The molecule has 3 aromatic rings. The molecular weight excluding hydrogens is 340 g/mol. The zero-order valence-electron chi connectivity index (χ0n) is 12.2. The van der Waals surface area contributed by atoms with Crippen molar-refractivity contribution in [3.63, 3.8) is 0 Å². The van der Waals surface area contributed by atoms with E-state index in [1.165, 1.54) is 32.0 Å². The van der Waals surface area contributed by atoms with Crippen molar-refractivity contribution in [1.82, 2.24) is 0 Å². The molecule has 0 aliphatic rings. The van der Waals surface area contributed by atoms with E-state index >= 15 is 0 Å². The van der Waals surface area contributed by atoms with Gasteiger partial charge in [-0.05, 0) is 54.8 Å². The number of benzene rings is 2. The highest BCUT2D eigenvalue weighted by molar-refractivity contribution is 9.10. The minimum atomic E-state index is 1.00. The van der Waals surface area contributed by atoms with Gasteiger partial charge in [0.05, 0.1) is 0 Å². The molecule has 0 saturated heterocycles. The normalized spacial score (nSPS) is 10.8. The Morgan fingerprint density at radius 1 is 0.952 bits per heavy atom. The van der Waals surface area contributed by atoms with Crippen molar-refractivity contribution in [2.75, 3.05) is 0 Å². The third-order valence-corrected chi connectivity index (χ3v) is 5.27. The molecule has 3 rings (SSSR count). The number of rotatable bonds is 3. The number of aryl methyl sites for hydroxylation is 2. The predicted octanol–water partition coefficient (Wildman–Crippen LogP) is 6.39. The average Bonchev–Trinajstić information content (AvgIpc) is 2.91. The van der Waals surface area contributed by atoms with Gasteiger partial charge in [-0.15, -0.1) is 11.3 Å². The summed E-state index contributed by atoms with van der Waals surface area (Å²) in [6.45, 7) is 4.32. The highest BCUT2D eigenvalue weighted by atomic mass is 79.9. The highest BCUT2D eigenvalue weighted by Gasteiger charge is 2.06. The van der Waals surface area contributed by atoms with E-state index in [0.717, 1.165) is 10.9 Å². The van der Waals surface area contributed by atoms with Gasteiger partial charge in [0, 0.05) is 20.6 Å². The van der Waals surface area contributed by atoms with Crippen molar-refractivity contribution in [2.24, 2.45) is 0 Å². The van der Waals surface area contributed by atoms with Crippen molar-refractivity contribution < 1.29 is 0 Å². The lowest BCUT2D eigenvalue weighted by molar-refractivity contribution is 1.19. The second-order valence-electron chi connectivity index (χ2n) is 5.38. The molecule has 0 atom stereocenters. The largest absolute Gasteiger partial charge is 0.140 e. The van der Waals surface area contributed by atoms with Crippen LogP contribution < -0.4 is 0 Å². The summed E-state index contributed by atoms with van der Waals surface area (Å²) in [5.74, 6) is 0. The molecule has 1 aromatic heterocycles. The molecule has 0 N–H and O–H groups in total. The van der Waals surface area contributed by atoms with Gasteiger partial charge in [0.1, 0.15) is 0 Å². The third kappa shape index (κ3) is 3.45. The summed E-state index contributed by atoms with van der Waals surface area (Å²) in [5, 5.41) is 0. The van der Waals surface area contributed by atoms with Gasteiger partial charge in [0.25, 0.3) is 0 Å². The van der Waals surface area contributed by atoms with Crippen LogP contribution in [0.4, 0.5) is 0 Å². The van der Waals surface area contributed by atoms with E-state index in [1.54, 1.807) is 0 Å². The minimum Gasteiger partial charge on any atom is -0.140 e. The molecule has 0 nitrogen and oxygen atoms in total. The van der Waals surface area contributed by atoms with Crippen LogP contribution in [0.2, 0.25) is 0 Å². The third-order valence-electron chi connectivity index (χ3n) is 3.64. The maximum Gasteiger partial charge on any atom is 0.0345 e. The van der Waals surface area contributed by atoms with E-state index in [4.69, 9.17) is 0 Å². The van der Waals surface area contributed by atoms with Gasteiger partial charge < -0.3 is 0 Å². The number of halogens is 1. The Balaban J connectivity index is 1.87. The van der Waals surface area contributed by atoms with E-state index < -0.39 is 0 Å². The van der Waals surface area contributed by atoms with Crippen molar-refractivity contribution in [3.8, 4) is 10.4 Å². The summed E-state index contributed by atoms with van der Waals surface area (Å²) < 4.78 is 1.15. The lowest BCUT2D eigenvalue weighted by atomic mass is 10.1. The summed E-state index contributed by atoms with van der Waals surface area (Å²) in [5.41, 5.74) is 5.37. The van der Waals surface area contributed by atoms with Crippen LogP contribution in [0.25, 0.3) is 10.4 Å². The quantitative estimate of drug-likeness (QED) is 0.510. The molecule has 0 spiro atoms. The topological polar surface area (TPSA) is 0 Å². The van der Waals surface area contributed by atoms with E-state index in [1.807, 2.05) is 11.3 Å². The molecule has 0 bridgehead atoms. The second-order valence-corrected chi connectivity index (χ2v) is 7.47. The molecule has 0 saturated carbocycles. The number of hydrogen-bond acceptors (Lipinski definition) is 1. The Morgan fingerprint density at radius 2 is 1.81 bits per heavy atom. The zero-order valence-corrected chi connectivity index (χ0v) is 14.6. The highest BCUT2D eigenvalue weighted by Crippen LogP contribution is 2.30. The van der Waals surface area contributed by atoms with Gasteiger partial charge in [0.15, 0.2) is 0 Å². The van der Waals surface area contributed by atoms with Crippen molar-refractivity contribution in [2.45, 2.75) is 20.3 Å². The molecule has 0 fully saturated rings. The molecule has 21 heavy (non-hydrogen) atoms. The van der Waals surface area contributed by atoms with Crippen molar-refractivity contribution >= 4 is 27.3 Å². The Labute approximate surface area is 138 Å². The minimum absolute atomic E-state index is 1.00. The van der Waals surface area contributed by atoms with Crippen molar-refractivity contribution in [3.05, 3.63) is 80.6 Å². The molecule has 0 amide bonds. The SMILES string of the molecule is Cc1cccc(-c2ccc(Cc3cc(Br)ccc3C)s2)c1. The molecule has 0 radical (unpaired) electrons. The van der Waals surface area contributed by atoms with Gasteiger partial charge in [0.2, 0.25) is 0 Å². The van der Waals surface area contributed by atoms with Crippen LogP contribution in [-0.2, 0) is 6.42 Å². The maximum atomic E-state index is 3.56. The van der Waals surface area contributed by atoms with Crippen LogP contribution >= 0.6 is 27.3 Å². The van der Waals surface area contributed by atoms with Crippen LogP contribution in [0.3, 0.4) is 0 Å². The fourth-order valence-corrected chi connectivity index (χ4v) is 3.88. The fourth-order valence-electron chi connectivity index (χ4n) is 2.44. The van der Waals surface area contributed by atoms with Crippen LogP contribution in [0.5, 0.6) is 0 Å². The Hall–Kier alpha value is -1.38. The molecule has 2 aromatic carbocycles. The first-order valence-electron chi connectivity index (χ1n) is 7.02. The first kappa shape index (κ1) is 14.6. The van der Waals surface area contributed by atoms with Crippen LogP contribution in [-0.4, -0.2) is 0 Å². The Kier molecular flexibility index (Phi) is 4.27. The standard InChI is InChI=1S/C19H17BrS/c1-13-4-3-5-15(10-13)19-9-8-18(21-19)12-16-11-17(20)7-6-14(16)2/h3-11H,12H2,1-2H3. The maximum absolute atomic E-state index is 3.56. The lowest BCUT2D eigenvalue weighted by Crippen LogP contribution is -1.89. The Bertz CT molecular complexity index is 771. The average molecular weight is 357 g/mol. The summed E-state index contributed by atoms with van der Waals surface area (Å²) in [6.07, 6.45) is 1.00. The monoisotopic (exact) mass is 356 g/mol. The number of thiophene rings is 1.